The Kier molecular flexibility index (Phi) is 4.82. The van der Waals surface area contributed by atoms with Gasteiger partial charge in [0, 0.05) is 43.6 Å². The molecule has 1 aliphatic heterocycles. The highest BCUT2D eigenvalue weighted by Crippen LogP contribution is 2.34. The predicted molar refractivity (Wildman–Crippen MR) is 88.3 cm³/mol. The zero-order valence-electron chi connectivity index (χ0n) is 13.4. The Morgan fingerprint density at radius 1 is 1.38 bits per heavy atom. The largest absolute Gasteiger partial charge is 0.384 e. The van der Waals surface area contributed by atoms with E-state index in [1.165, 1.54) is 35.0 Å². The summed E-state index contributed by atoms with van der Waals surface area (Å²) in [6.07, 6.45) is 3.90. The van der Waals surface area contributed by atoms with Gasteiger partial charge in [0.25, 0.3) is 0 Å². The first-order valence-electron chi connectivity index (χ1n) is 8.14. The standard InChI is InChI=1S/C16H27N3OS/c1-11(2)15-14(8-17-13-4-5-13)21-16(18-15)19-7-6-12(9-19)10-20-3/h11-13,17H,4-10H2,1-3H3. The molecular weight excluding hydrogens is 282 g/mol. The molecule has 1 saturated heterocycles. The van der Waals surface area contributed by atoms with E-state index in [2.05, 4.69) is 24.1 Å². The molecule has 1 N–H and O–H groups in total. The number of nitrogens with zero attached hydrogens (tertiary/aromatic N) is 2. The van der Waals surface area contributed by atoms with Gasteiger partial charge in [-0.25, -0.2) is 4.98 Å². The average molecular weight is 309 g/mol. The van der Waals surface area contributed by atoms with E-state index in [0.717, 1.165) is 32.3 Å². The molecule has 0 aromatic carbocycles. The van der Waals surface area contributed by atoms with E-state index < -0.39 is 0 Å². The van der Waals surface area contributed by atoms with Gasteiger partial charge >= 0.3 is 0 Å². The molecular formula is C16H27N3OS. The number of thiazole rings is 1. The molecule has 1 aromatic rings. The number of methoxy groups -OCH3 is 1. The highest BCUT2D eigenvalue weighted by atomic mass is 32.1. The summed E-state index contributed by atoms with van der Waals surface area (Å²) in [5.74, 6) is 1.16. The third-order valence-corrected chi connectivity index (χ3v) is 5.48. The van der Waals surface area contributed by atoms with E-state index in [1.807, 2.05) is 11.3 Å². The first-order chi connectivity index (χ1) is 10.2. The van der Waals surface area contributed by atoms with Crippen molar-refractivity contribution in [3.63, 3.8) is 0 Å². The zero-order valence-corrected chi connectivity index (χ0v) is 14.2. The molecule has 0 amide bonds. The Labute approximate surface area is 131 Å². The van der Waals surface area contributed by atoms with Gasteiger partial charge in [-0.2, -0.15) is 0 Å². The molecule has 1 unspecified atom stereocenters. The summed E-state index contributed by atoms with van der Waals surface area (Å²) in [6.45, 7) is 8.57. The van der Waals surface area contributed by atoms with Gasteiger partial charge in [-0.15, -0.1) is 11.3 Å². The molecule has 0 bridgehead atoms. The Balaban J connectivity index is 1.68. The van der Waals surface area contributed by atoms with Crippen molar-refractivity contribution < 1.29 is 4.74 Å². The van der Waals surface area contributed by atoms with Gasteiger partial charge in [0.15, 0.2) is 5.13 Å². The van der Waals surface area contributed by atoms with Gasteiger partial charge in [0.05, 0.1) is 12.3 Å². The lowest BCUT2D eigenvalue weighted by molar-refractivity contribution is 0.161. The van der Waals surface area contributed by atoms with E-state index in [1.54, 1.807) is 7.11 Å². The summed E-state index contributed by atoms with van der Waals surface area (Å²) >= 11 is 1.89. The van der Waals surface area contributed by atoms with Gasteiger partial charge in [-0.05, 0) is 25.2 Å². The minimum Gasteiger partial charge on any atom is -0.384 e. The van der Waals surface area contributed by atoms with Crippen molar-refractivity contribution in [2.75, 3.05) is 31.7 Å². The van der Waals surface area contributed by atoms with Crippen LogP contribution in [-0.4, -0.2) is 37.8 Å². The van der Waals surface area contributed by atoms with Crippen molar-refractivity contribution in [2.24, 2.45) is 5.92 Å². The first kappa shape index (κ1) is 15.3. The van der Waals surface area contributed by atoms with E-state index >= 15 is 0 Å². The van der Waals surface area contributed by atoms with Crippen LogP contribution >= 0.6 is 11.3 Å². The fraction of sp³-hybridized carbons (Fsp3) is 0.812. The Morgan fingerprint density at radius 2 is 2.19 bits per heavy atom. The molecule has 0 radical (unpaired) electrons. The van der Waals surface area contributed by atoms with E-state index in [-0.39, 0.29) is 0 Å². The molecule has 21 heavy (non-hydrogen) atoms. The third-order valence-electron chi connectivity index (χ3n) is 4.35. The maximum Gasteiger partial charge on any atom is 0.185 e. The van der Waals surface area contributed by atoms with Gasteiger partial charge in [-0.1, -0.05) is 13.8 Å². The maximum absolute atomic E-state index is 5.30. The second kappa shape index (κ2) is 6.63. The first-order valence-corrected chi connectivity index (χ1v) is 8.96. The number of hydrogen-bond donors (Lipinski definition) is 1. The van der Waals surface area contributed by atoms with Gasteiger partial charge in [0.1, 0.15) is 0 Å². The molecule has 2 fully saturated rings. The maximum atomic E-state index is 5.30. The Bertz CT molecular complexity index is 470. The monoisotopic (exact) mass is 309 g/mol. The number of rotatable bonds is 7. The fourth-order valence-electron chi connectivity index (χ4n) is 2.97. The second-order valence-electron chi connectivity index (χ2n) is 6.67. The third kappa shape index (κ3) is 3.76. The molecule has 2 aliphatic rings. The smallest absolute Gasteiger partial charge is 0.185 e. The zero-order chi connectivity index (χ0) is 14.8. The van der Waals surface area contributed by atoms with Gasteiger partial charge in [-0.3, -0.25) is 0 Å². The number of aromatic nitrogens is 1. The summed E-state index contributed by atoms with van der Waals surface area (Å²) in [7, 11) is 1.80. The Morgan fingerprint density at radius 3 is 2.86 bits per heavy atom. The summed E-state index contributed by atoms with van der Waals surface area (Å²) in [5, 5.41) is 4.85. The van der Waals surface area contributed by atoms with Crippen molar-refractivity contribution in [3.05, 3.63) is 10.6 Å². The minimum atomic E-state index is 0.503. The number of nitrogens with one attached hydrogen (secondary N) is 1. The van der Waals surface area contributed by atoms with Crippen LogP contribution in [0.3, 0.4) is 0 Å². The normalized spacial score (nSPS) is 22.5. The molecule has 1 aromatic heterocycles. The molecule has 118 valence electrons. The molecule has 0 spiro atoms. The summed E-state index contributed by atoms with van der Waals surface area (Å²) in [6, 6.07) is 0.758. The number of anilines is 1. The van der Waals surface area contributed by atoms with E-state index in [9.17, 15) is 0 Å². The molecule has 2 heterocycles. The Hall–Kier alpha value is -0.650. The van der Waals surface area contributed by atoms with Gasteiger partial charge < -0.3 is 15.0 Å². The summed E-state index contributed by atoms with van der Waals surface area (Å²) in [4.78, 5) is 8.83. The molecule has 1 atom stereocenters. The van der Waals surface area contributed by atoms with Crippen LogP contribution in [0.25, 0.3) is 0 Å². The van der Waals surface area contributed by atoms with E-state index in [0.29, 0.717) is 11.8 Å². The topological polar surface area (TPSA) is 37.4 Å². The van der Waals surface area contributed by atoms with Crippen LogP contribution in [-0.2, 0) is 11.3 Å². The van der Waals surface area contributed by atoms with Crippen molar-refractivity contribution >= 4 is 16.5 Å². The number of hydrogen-bond acceptors (Lipinski definition) is 5. The fourth-order valence-corrected chi connectivity index (χ4v) is 4.17. The molecule has 1 saturated carbocycles. The van der Waals surface area contributed by atoms with E-state index in [4.69, 9.17) is 9.72 Å². The van der Waals surface area contributed by atoms with Gasteiger partial charge in [0.2, 0.25) is 0 Å². The lowest BCUT2D eigenvalue weighted by atomic mass is 10.1. The second-order valence-corrected chi connectivity index (χ2v) is 7.73. The summed E-state index contributed by atoms with van der Waals surface area (Å²) < 4.78 is 5.30. The van der Waals surface area contributed by atoms with Crippen LogP contribution in [0.5, 0.6) is 0 Å². The minimum absolute atomic E-state index is 0.503. The van der Waals surface area contributed by atoms with Crippen LogP contribution < -0.4 is 10.2 Å². The van der Waals surface area contributed by atoms with Crippen LogP contribution in [0.1, 0.15) is 49.6 Å². The van der Waals surface area contributed by atoms with Crippen molar-refractivity contribution in [2.45, 2.75) is 51.6 Å². The highest BCUT2D eigenvalue weighted by Gasteiger charge is 2.27. The summed E-state index contributed by atoms with van der Waals surface area (Å²) in [5.41, 5.74) is 1.29. The van der Waals surface area contributed by atoms with Crippen LogP contribution in [0, 0.1) is 5.92 Å². The van der Waals surface area contributed by atoms with Crippen LogP contribution in [0.2, 0.25) is 0 Å². The molecule has 4 nitrogen and oxygen atoms in total. The quantitative estimate of drug-likeness (QED) is 0.840. The van der Waals surface area contributed by atoms with Crippen molar-refractivity contribution in [3.8, 4) is 0 Å². The van der Waals surface area contributed by atoms with Crippen LogP contribution in [0.15, 0.2) is 0 Å². The SMILES string of the molecule is COCC1CCN(c2nc(C(C)C)c(CNC3CC3)s2)C1. The molecule has 3 rings (SSSR count). The average Bonchev–Trinajstić information content (AvgIpc) is 2.99. The van der Waals surface area contributed by atoms with Crippen molar-refractivity contribution in [1.29, 1.82) is 0 Å². The van der Waals surface area contributed by atoms with Crippen molar-refractivity contribution in [1.82, 2.24) is 10.3 Å². The highest BCUT2D eigenvalue weighted by molar-refractivity contribution is 7.15. The molecule has 1 aliphatic carbocycles. The molecule has 5 heteroatoms. The predicted octanol–water partition coefficient (Wildman–Crippen LogP) is 2.99. The lowest BCUT2D eigenvalue weighted by Crippen LogP contribution is -2.20. The lowest BCUT2D eigenvalue weighted by Gasteiger charge is -2.14. The van der Waals surface area contributed by atoms with Crippen LogP contribution in [0.4, 0.5) is 5.13 Å². The number of ether oxygens (including phenoxy) is 1.